The van der Waals surface area contributed by atoms with Gasteiger partial charge in [0.15, 0.2) is 5.78 Å². The number of rotatable bonds is 3. The number of hydrogen-bond donors (Lipinski definition) is 1. The minimum Gasteiger partial charge on any atom is -0.509 e. The van der Waals surface area contributed by atoms with E-state index >= 15 is 0 Å². The van der Waals surface area contributed by atoms with Gasteiger partial charge in [-0.25, -0.2) is 12.4 Å². The zero-order chi connectivity index (χ0) is 25.0. The van der Waals surface area contributed by atoms with E-state index in [2.05, 4.69) is 0 Å². The maximum atomic E-state index is 13.7. The number of aliphatic hydroxyl groups excluding tert-OH is 1. The van der Waals surface area contributed by atoms with Gasteiger partial charge in [0.25, 0.3) is 15.9 Å². The molecule has 0 saturated carbocycles. The van der Waals surface area contributed by atoms with Crippen molar-refractivity contribution in [1.29, 1.82) is 0 Å². The van der Waals surface area contributed by atoms with Crippen LogP contribution in [0.15, 0.2) is 64.9 Å². The van der Waals surface area contributed by atoms with Crippen LogP contribution in [-0.2, 0) is 26.0 Å². The highest BCUT2D eigenvalue weighted by Gasteiger charge is 2.63. The van der Waals surface area contributed by atoms with E-state index in [9.17, 15) is 23.1 Å². The van der Waals surface area contributed by atoms with Gasteiger partial charge in [0.2, 0.25) is 0 Å². The Bertz CT molecular complexity index is 1590. The summed E-state index contributed by atoms with van der Waals surface area (Å²) in [5.41, 5.74) is 2.54. The summed E-state index contributed by atoms with van der Waals surface area (Å²) in [6, 6.07) is 11.7. The first kappa shape index (κ1) is 22.1. The molecule has 0 bridgehead atoms. The highest BCUT2D eigenvalue weighted by Crippen LogP contribution is 2.58. The molecule has 0 radical (unpaired) electrons. The Morgan fingerprint density at radius 2 is 1.80 bits per heavy atom. The third kappa shape index (κ3) is 2.68. The van der Waals surface area contributed by atoms with Crippen molar-refractivity contribution in [2.24, 2.45) is 5.92 Å². The number of aliphatic hydroxyl groups is 1. The summed E-state index contributed by atoms with van der Waals surface area (Å²) in [4.78, 5) is 27.3. The van der Waals surface area contributed by atoms with Gasteiger partial charge in [-0.15, -0.1) is 0 Å². The summed E-state index contributed by atoms with van der Waals surface area (Å²) in [5, 5.41) is 12.0. The smallest absolute Gasteiger partial charge is 0.268 e. The number of ketones is 1. The predicted octanol–water partition coefficient (Wildman–Crippen LogP) is 3.85. The van der Waals surface area contributed by atoms with Crippen LogP contribution in [0.3, 0.4) is 0 Å². The number of Topliss-reactive ketones (excluding diaryl/α,β-unsaturated/α-hetero) is 1. The van der Waals surface area contributed by atoms with Crippen LogP contribution in [0.4, 0.5) is 0 Å². The van der Waals surface area contributed by atoms with Crippen molar-refractivity contribution in [1.82, 2.24) is 8.87 Å². The molecule has 1 N–H and O–H groups in total. The number of aryl methyl sites for hydroxylation is 1. The van der Waals surface area contributed by atoms with E-state index < -0.39 is 33.3 Å². The van der Waals surface area contributed by atoms with Crippen molar-refractivity contribution in [2.75, 3.05) is 0 Å². The van der Waals surface area contributed by atoms with Gasteiger partial charge in [-0.1, -0.05) is 29.8 Å². The molecule has 1 aliphatic carbocycles. The predicted molar refractivity (Wildman–Crippen MR) is 131 cm³/mol. The average Bonchev–Trinajstić information content (AvgIpc) is 3.38. The van der Waals surface area contributed by atoms with Crippen molar-refractivity contribution < 1.29 is 23.1 Å². The summed E-state index contributed by atoms with van der Waals surface area (Å²) in [5.74, 6) is -1.51. The fourth-order valence-electron chi connectivity index (χ4n) is 6.56. The summed E-state index contributed by atoms with van der Waals surface area (Å²) >= 11 is 0. The second-order valence-corrected chi connectivity index (χ2v) is 12.3. The fraction of sp³-hybridized carbons (Fsp3) is 0.333. The molecule has 1 saturated heterocycles. The number of amides is 1. The molecule has 3 heterocycles. The molecule has 2 aliphatic heterocycles. The zero-order valence-electron chi connectivity index (χ0n) is 19.9. The van der Waals surface area contributed by atoms with Crippen LogP contribution in [0.5, 0.6) is 0 Å². The molecular formula is C27H26N2O5S. The quantitative estimate of drug-likeness (QED) is 0.563. The van der Waals surface area contributed by atoms with Crippen LogP contribution < -0.4 is 0 Å². The maximum Gasteiger partial charge on any atom is 0.268 e. The molecule has 7 nitrogen and oxygen atoms in total. The van der Waals surface area contributed by atoms with Crippen LogP contribution in [0.2, 0.25) is 0 Å². The van der Waals surface area contributed by atoms with Gasteiger partial charge in [-0.2, -0.15) is 0 Å². The van der Waals surface area contributed by atoms with Crippen molar-refractivity contribution in [3.8, 4) is 0 Å². The third-order valence-corrected chi connectivity index (χ3v) is 9.88. The summed E-state index contributed by atoms with van der Waals surface area (Å²) < 4.78 is 28.8. The number of nitrogens with zero attached hydrogens (tertiary/aromatic N) is 2. The Labute approximate surface area is 203 Å². The van der Waals surface area contributed by atoms with Gasteiger partial charge >= 0.3 is 0 Å². The number of aromatic nitrogens is 1. The lowest BCUT2D eigenvalue weighted by molar-refractivity contribution is -0.132. The molecule has 3 atom stereocenters. The number of carbonyl (C=O) groups excluding carboxylic acids is 2. The first-order valence-electron chi connectivity index (χ1n) is 11.7. The minimum absolute atomic E-state index is 0.0527. The van der Waals surface area contributed by atoms with Gasteiger partial charge in [0, 0.05) is 23.0 Å². The van der Waals surface area contributed by atoms with Crippen LogP contribution in [0, 0.1) is 12.8 Å². The molecule has 1 fully saturated rings. The van der Waals surface area contributed by atoms with E-state index in [-0.39, 0.29) is 28.1 Å². The summed E-state index contributed by atoms with van der Waals surface area (Å²) in [6.07, 6.45) is 2.29. The average molecular weight is 491 g/mol. The molecule has 6 rings (SSSR count). The SMILES string of the molecule is CC(=O)C1=C(O)[C@@H]2[C@H]3c4cn(S(=O)(=O)c5ccc(C)cc5)c5cccc(c45)C[C@@H]3C(C)(C)N2C1=O. The van der Waals surface area contributed by atoms with E-state index in [1.165, 1.54) is 10.9 Å². The Hall–Kier alpha value is -3.39. The molecule has 3 aromatic rings. The first-order chi connectivity index (χ1) is 16.5. The standard InChI is InChI=1S/C27H26N2O5S/c1-14-8-10-17(11-9-14)35(33,34)28-13-18-22-16(6-5-7-20(22)28)12-19-23(18)24-25(31)21(15(2)30)26(32)29(24)27(19,3)4/h5-11,13,19,23-24,31H,12H2,1-4H3/t19-,23-,24-/m0/s1. The second-order valence-electron chi connectivity index (χ2n) is 10.4. The zero-order valence-corrected chi connectivity index (χ0v) is 20.8. The molecule has 1 amide bonds. The summed E-state index contributed by atoms with van der Waals surface area (Å²) in [7, 11) is -3.88. The number of fused-ring (bicyclic) bond motifs is 4. The van der Waals surface area contributed by atoms with Gasteiger partial charge in [0.05, 0.1) is 16.5 Å². The molecule has 2 aromatic carbocycles. The molecule has 1 aromatic heterocycles. The molecular weight excluding hydrogens is 464 g/mol. The largest absolute Gasteiger partial charge is 0.509 e. The number of hydrogen-bond acceptors (Lipinski definition) is 5. The molecule has 180 valence electrons. The van der Waals surface area contributed by atoms with Crippen molar-refractivity contribution >= 4 is 32.6 Å². The van der Waals surface area contributed by atoms with Crippen molar-refractivity contribution in [3.05, 3.63) is 76.7 Å². The highest BCUT2D eigenvalue weighted by molar-refractivity contribution is 7.90. The van der Waals surface area contributed by atoms with Gasteiger partial charge in [0.1, 0.15) is 11.3 Å². The van der Waals surface area contributed by atoms with Gasteiger partial charge in [-0.05, 0) is 69.4 Å². The van der Waals surface area contributed by atoms with Gasteiger partial charge in [-0.3, -0.25) is 9.59 Å². The Kier molecular flexibility index (Phi) is 4.32. The Morgan fingerprint density at radius 1 is 1.11 bits per heavy atom. The van der Waals surface area contributed by atoms with Crippen LogP contribution in [-0.4, -0.2) is 45.7 Å². The fourth-order valence-corrected chi connectivity index (χ4v) is 7.93. The van der Waals surface area contributed by atoms with E-state index in [1.54, 1.807) is 41.4 Å². The lowest BCUT2D eigenvalue weighted by atomic mass is 9.69. The Morgan fingerprint density at radius 3 is 2.46 bits per heavy atom. The lowest BCUT2D eigenvalue weighted by Crippen LogP contribution is -2.47. The lowest BCUT2D eigenvalue weighted by Gasteiger charge is -2.37. The van der Waals surface area contributed by atoms with E-state index in [4.69, 9.17) is 0 Å². The Balaban J connectivity index is 1.61. The molecule has 0 spiro atoms. The van der Waals surface area contributed by atoms with Crippen LogP contribution in [0.1, 0.15) is 43.4 Å². The molecule has 3 aliphatic rings. The van der Waals surface area contributed by atoms with E-state index in [0.717, 1.165) is 22.1 Å². The van der Waals surface area contributed by atoms with E-state index in [1.807, 2.05) is 32.9 Å². The third-order valence-electron chi connectivity index (χ3n) is 8.19. The van der Waals surface area contributed by atoms with Gasteiger partial charge < -0.3 is 10.0 Å². The normalized spacial score (nSPS) is 24.7. The molecule has 0 unspecified atom stereocenters. The molecule has 35 heavy (non-hydrogen) atoms. The van der Waals surface area contributed by atoms with E-state index in [0.29, 0.717) is 11.9 Å². The topological polar surface area (TPSA) is 96.7 Å². The maximum absolute atomic E-state index is 13.7. The number of carbonyl (C=O) groups is 2. The highest BCUT2D eigenvalue weighted by atomic mass is 32.2. The first-order valence-corrected chi connectivity index (χ1v) is 13.1. The van der Waals surface area contributed by atoms with Crippen molar-refractivity contribution in [3.63, 3.8) is 0 Å². The summed E-state index contributed by atoms with van der Waals surface area (Å²) in [6.45, 7) is 7.11. The van der Waals surface area contributed by atoms with Crippen LogP contribution in [0.25, 0.3) is 10.9 Å². The minimum atomic E-state index is -3.88. The molecule has 8 heteroatoms. The number of benzene rings is 2. The monoisotopic (exact) mass is 490 g/mol. The van der Waals surface area contributed by atoms with Crippen molar-refractivity contribution in [2.45, 2.75) is 56.5 Å². The second kappa shape index (κ2) is 6.85. The van der Waals surface area contributed by atoms with Crippen LogP contribution >= 0.6 is 0 Å².